The first kappa shape index (κ1) is 18.4. The van der Waals surface area contributed by atoms with Gasteiger partial charge < -0.3 is 15.7 Å². The van der Waals surface area contributed by atoms with Crippen molar-refractivity contribution >= 4 is 44.8 Å². The maximum Gasteiger partial charge on any atom is 0.309 e. The van der Waals surface area contributed by atoms with Crippen molar-refractivity contribution in [3.8, 4) is 0 Å². The summed E-state index contributed by atoms with van der Waals surface area (Å²) in [5.74, 6) is -1.57. The minimum Gasteiger partial charge on any atom is -0.387 e. The number of rotatable bonds is 5. The summed E-state index contributed by atoms with van der Waals surface area (Å²) in [5, 5.41) is 18.6. The van der Waals surface area contributed by atoms with Gasteiger partial charge in [0, 0.05) is 28.4 Å². The van der Waals surface area contributed by atoms with Crippen molar-refractivity contribution in [1.29, 1.82) is 0 Å². The highest BCUT2D eigenvalue weighted by molar-refractivity contribution is 7.17. The SMILES string of the molecule is O=C(NCc1ccccc1Cl)C(=O)NCC(O)c1csc2ccccc12. The first-order valence-electron chi connectivity index (χ1n) is 8.00. The van der Waals surface area contributed by atoms with Gasteiger partial charge in [0.2, 0.25) is 0 Å². The molecule has 0 aliphatic rings. The van der Waals surface area contributed by atoms with Crippen molar-refractivity contribution in [2.45, 2.75) is 12.6 Å². The summed E-state index contributed by atoms with van der Waals surface area (Å²) < 4.78 is 1.06. The van der Waals surface area contributed by atoms with Gasteiger partial charge in [-0.05, 0) is 28.5 Å². The molecule has 0 fully saturated rings. The molecule has 7 heteroatoms. The van der Waals surface area contributed by atoms with Crippen molar-refractivity contribution in [1.82, 2.24) is 10.6 Å². The number of thiophene rings is 1. The minimum absolute atomic E-state index is 0.0426. The van der Waals surface area contributed by atoms with Crippen LogP contribution in [0.5, 0.6) is 0 Å². The molecule has 1 unspecified atom stereocenters. The predicted molar refractivity (Wildman–Crippen MR) is 103 cm³/mol. The highest BCUT2D eigenvalue weighted by atomic mass is 35.5. The molecule has 0 saturated heterocycles. The maximum atomic E-state index is 11.9. The molecule has 0 radical (unpaired) electrons. The molecule has 26 heavy (non-hydrogen) atoms. The van der Waals surface area contributed by atoms with E-state index >= 15 is 0 Å². The van der Waals surface area contributed by atoms with Crippen molar-refractivity contribution in [2.24, 2.45) is 0 Å². The zero-order valence-corrected chi connectivity index (χ0v) is 15.3. The zero-order chi connectivity index (χ0) is 18.5. The van der Waals surface area contributed by atoms with E-state index in [1.54, 1.807) is 24.3 Å². The number of halogens is 1. The molecule has 0 bridgehead atoms. The largest absolute Gasteiger partial charge is 0.387 e. The van der Waals surface area contributed by atoms with Crippen LogP contribution in [0.2, 0.25) is 5.02 Å². The summed E-state index contributed by atoms with van der Waals surface area (Å²) in [4.78, 5) is 23.8. The van der Waals surface area contributed by atoms with E-state index in [1.165, 1.54) is 11.3 Å². The van der Waals surface area contributed by atoms with E-state index in [0.29, 0.717) is 5.02 Å². The molecule has 134 valence electrons. The van der Waals surface area contributed by atoms with Crippen LogP contribution >= 0.6 is 22.9 Å². The van der Waals surface area contributed by atoms with Crippen LogP contribution in [0.25, 0.3) is 10.1 Å². The van der Waals surface area contributed by atoms with Gasteiger partial charge >= 0.3 is 11.8 Å². The van der Waals surface area contributed by atoms with E-state index in [4.69, 9.17) is 11.6 Å². The Bertz CT molecular complexity index is 941. The third-order valence-corrected chi connectivity index (χ3v) is 5.28. The molecule has 1 atom stereocenters. The second-order valence-electron chi connectivity index (χ2n) is 5.69. The van der Waals surface area contributed by atoms with Crippen molar-refractivity contribution in [3.05, 3.63) is 70.1 Å². The number of hydrogen-bond donors (Lipinski definition) is 3. The third-order valence-electron chi connectivity index (χ3n) is 3.93. The Labute approximate surface area is 159 Å². The molecular weight excluding hydrogens is 372 g/mol. The van der Waals surface area contributed by atoms with Crippen molar-refractivity contribution in [2.75, 3.05) is 6.54 Å². The van der Waals surface area contributed by atoms with Crippen LogP contribution in [-0.2, 0) is 16.1 Å². The lowest BCUT2D eigenvalue weighted by Gasteiger charge is -2.12. The van der Waals surface area contributed by atoms with E-state index in [2.05, 4.69) is 10.6 Å². The fourth-order valence-electron chi connectivity index (χ4n) is 2.53. The number of fused-ring (bicyclic) bond motifs is 1. The van der Waals surface area contributed by atoms with E-state index in [1.807, 2.05) is 29.6 Å². The smallest absolute Gasteiger partial charge is 0.309 e. The Hall–Kier alpha value is -2.41. The van der Waals surface area contributed by atoms with Gasteiger partial charge in [-0.25, -0.2) is 0 Å². The molecule has 3 aromatic rings. The monoisotopic (exact) mass is 388 g/mol. The minimum atomic E-state index is -0.883. The molecule has 3 rings (SSSR count). The van der Waals surface area contributed by atoms with Gasteiger partial charge in [-0.1, -0.05) is 48.0 Å². The Kier molecular flexibility index (Phi) is 5.88. The fraction of sp³-hybridized carbons (Fsp3) is 0.158. The lowest BCUT2D eigenvalue weighted by molar-refractivity contribution is -0.139. The van der Waals surface area contributed by atoms with Gasteiger partial charge in [-0.3, -0.25) is 9.59 Å². The van der Waals surface area contributed by atoms with Gasteiger partial charge in [0.1, 0.15) is 0 Å². The van der Waals surface area contributed by atoms with Gasteiger partial charge in [0.15, 0.2) is 0 Å². The van der Waals surface area contributed by atoms with Crippen LogP contribution in [-0.4, -0.2) is 23.5 Å². The lowest BCUT2D eigenvalue weighted by atomic mass is 10.1. The maximum absolute atomic E-state index is 11.9. The topological polar surface area (TPSA) is 78.4 Å². The number of hydrogen-bond acceptors (Lipinski definition) is 4. The second kappa shape index (κ2) is 8.31. The molecule has 1 heterocycles. The quantitative estimate of drug-likeness (QED) is 0.588. The summed E-state index contributed by atoms with van der Waals surface area (Å²) in [6.45, 7) is 0.114. The van der Waals surface area contributed by atoms with Crippen LogP contribution in [0.15, 0.2) is 53.9 Å². The van der Waals surface area contributed by atoms with Gasteiger partial charge in [-0.2, -0.15) is 0 Å². The normalized spacial score (nSPS) is 11.9. The molecule has 0 aliphatic heterocycles. The molecule has 0 aliphatic carbocycles. The summed E-state index contributed by atoms with van der Waals surface area (Å²) in [5.41, 5.74) is 1.46. The first-order valence-corrected chi connectivity index (χ1v) is 9.25. The third kappa shape index (κ3) is 4.22. The molecule has 0 spiro atoms. The number of nitrogens with one attached hydrogen (secondary N) is 2. The molecular formula is C19H17ClN2O3S. The van der Waals surface area contributed by atoms with Crippen LogP contribution in [0.3, 0.4) is 0 Å². The highest BCUT2D eigenvalue weighted by Crippen LogP contribution is 2.29. The van der Waals surface area contributed by atoms with Crippen LogP contribution < -0.4 is 10.6 Å². The zero-order valence-electron chi connectivity index (χ0n) is 13.7. The second-order valence-corrected chi connectivity index (χ2v) is 7.01. The van der Waals surface area contributed by atoms with Crippen molar-refractivity contribution < 1.29 is 14.7 Å². The number of aliphatic hydroxyl groups is 1. The summed E-state index contributed by atoms with van der Waals surface area (Å²) in [6, 6.07) is 14.8. The fourth-order valence-corrected chi connectivity index (χ4v) is 3.74. The Morgan fingerprint density at radius 3 is 2.54 bits per heavy atom. The van der Waals surface area contributed by atoms with E-state index in [0.717, 1.165) is 21.2 Å². The molecule has 2 aromatic carbocycles. The van der Waals surface area contributed by atoms with Gasteiger partial charge in [0.25, 0.3) is 0 Å². The van der Waals surface area contributed by atoms with E-state index in [9.17, 15) is 14.7 Å². The van der Waals surface area contributed by atoms with Crippen LogP contribution in [0.4, 0.5) is 0 Å². The van der Waals surface area contributed by atoms with Gasteiger partial charge in [-0.15, -0.1) is 11.3 Å². The summed E-state index contributed by atoms with van der Waals surface area (Å²) >= 11 is 7.54. The van der Waals surface area contributed by atoms with Crippen LogP contribution in [0.1, 0.15) is 17.2 Å². The first-order chi connectivity index (χ1) is 12.6. The number of benzene rings is 2. The number of carbonyl (C=O) groups is 2. The standard InChI is InChI=1S/C19H17ClN2O3S/c20-15-7-3-1-5-12(15)9-21-18(24)19(25)22-10-16(23)14-11-26-17-8-4-2-6-13(14)17/h1-8,11,16,23H,9-10H2,(H,21,24)(H,22,25). The van der Waals surface area contributed by atoms with E-state index in [-0.39, 0.29) is 13.1 Å². The number of carbonyl (C=O) groups excluding carboxylic acids is 2. The average Bonchev–Trinajstić information content (AvgIpc) is 3.09. The Morgan fingerprint density at radius 1 is 1.04 bits per heavy atom. The Morgan fingerprint density at radius 2 is 1.73 bits per heavy atom. The summed E-state index contributed by atoms with van der Waals surface area (Å²) in [6.07, 6.45) is -0.883. The number of aliphatic hydroxyl groups excluding tert-OH is 1. The van der Waals surface area contributed by atoms with Gasteiger partial charge in [0.05, 0.1) is 6.10 Å². The number of amides is 2. The highest BCUT2D eigenvalue weighted by Gasteiger charge is 2.17. The Balaban J connectivity index is 1.53. The molecule has 2 amide bonds. The summed E-state index contributed by atoms with van der Waals surface area (Å²) in [7, 11) is 0. The molecule has 5 nitrogen and oxygen atoms in total. The van der Waals surface area contributed by atoms with Crippen molar-refractivity contribution in [3.63, 3.8) is 0 Å². The predicted octanol–water partition coefficient (Wildman–Crippen LogP) is 3.02. The van der Waals surface area contributed by atoms with E-state index < -0.39 is 17.9 Å². The van der Waals surface area contributed by atoms with Crippen LogP contribution in [0, 0.1) is 0 Å². The molecule has 1 aromatic heterocycles. The molecule has 3 N–H and O–H groups in total. The average molecular weight is 389 g/mol. The lowest BCUT2D eigenvalue weighted by Crippen LogP contribution is -2.41. The molecule has 0 saturated carbocycles.